The minimum atomic E-state index is -4.65. The van der Waals surface area contributed by atoms with Gasteiger partial charge < -0.3 is 19.5 Å². The van der Waals surface area contributed by atoms with Gasteiger partial charge >= 0.3 is 6.18 Å². The maximum Gasteiger partial charge on any atom is 0.406 e. The Morgan fingerprint density at radius 2 is 1.83 bits per heavy atom. The molecule has 0 bridgehead atoms. The number of ether oxygens (including phenoxy) is 1. The summed E-state index contributed by atoms with van der Waals surface area (Å²) in [4.78, 5) is 52.9. The van der Waals surface area contributed by atoms with E-state index in [1.807, 2.05) is 4.90 Å². The monoisotopic (exact) mass is 595 g/mol. The van der Waals surface area contributed by atoms with Crippen LogP contribution in [0.5, 0.6) is 11.6 Å². The Morgan fingerprint density at radius 1 is 1.10 bits per heavy atom. The SMILES string of the molecule is C[C@@H](C(=O)Nc1cnc(Oc2ccc(F)cc2F)cn1)N1CCN(C(=O)c2cn(CC(F)(F)F)c(=O)cn2)C(C)(C)C1. The molecule has 1 atom stereocenters. The largest absolute Gasteiger partial charge is 0.434 e. The molecule has 1 aliphatic rings. The van der Waals surface area contributed by atoms with Gasteiger partial charge in [0.15, 0.2) is 17.4 Å². The molecule has 0 unspecified atom stereocenters. The number of piperazine rings is 1. The number of carbonyl (C=O) groups is 2. The van der Waals surface area contributed by atoms with Gasteiger partial charge in [-0.15, -0.1) is 0 Å². The summed E-state index contributed by atoms with van der Waals surface area (Å²) >= 11 is 0. The number of halogens is 5. The molecular weight excluding hydrogens is 569 g/mol. The molecule has 1 N–H and O–H groups in total. The predicted octanol–water partition coefficient (Wildman–Crippen LogP) is 3.23. The van der Waals surface area contributed by atoms with Gasteiger partial charge in [-0.25, -0.2) is 23.7 Å². The summed E-state index contributed by atoms with van der Waals surface area (Å²) < 4.78 is 71.0. The van der Waals surface area contributed by atoms with Crippen LogP contribution in [0.25, 0.3) is 0 Å². The summed E-state index contributed by atoms with van der Waals surface area (Å²) in [6, 6.07) is 2.10. The number of benzene rings is 1. The van der Waals surface area contributed by atoms with Gasteiger partial charge in [-0.2, -0.15) is 13.2 Å². The van der Waals surface area contributed by atoms with Gasteiger partial charge in [0, 0.05) is 31.9 Å². The molecule has 0 saturated carbocycles. The molecule has 3 heterocycles. The van der Waals surface area contributed by atoms with E-state index in [1.54, 1.807) is 20.8 Å². The molecule has 16 heteroatoms. The van der Waals surface area contributed by atoms with Crippen LogP contribution < -0.4 is 15.6 Å². The number of amides is 2. The number of rotatable bonds is 7. The number of hydrogen-bond donors (Lipinski definition) is 1. The molecule has 1 saturated heterocycles. The highest BCUT2D eigenvalue weighted by atomic mass is 19.4. The molecule has 1 aliphatic heterocycles. The highest BCUT2D eigenvalue weighted by molar-refractivity contribution is 5.94. The van der Waals surface area contributed by atoms with Crippen molar-refractivity contribution in [3.05, 3.63) is 70.7 Å². The van der Waals surface area contributed by atoms with E-state index in [9.17, 15) is 36.3 Å². The van der Waals surface area contributed by atoms with E-state index >= 15 is 0 Å². The lowest BCUT2D eigenvalue weighted by atomic mass is 9.97. The smallest absolute Gasteiger partial charge is 0.406 e. The van der Waals surface area contributed by atoms with E-state index in [0.29, 0.717) is 16.8 Å². The second-order valence-corrected chi connectivity index (χ2v) is 10.2. The number of hydrogen-bond acceptors (Lipinski definition) is 8. The Hall–Kier alpha value is -4.47. The van der Waals surface area contributed by atoms with Gasteiger partial charge in [0.1, 0.15) is 18.1 Å². The van der Waals surface area contributed by atoms with Crippen molar-refractivity contribution in [3.8, 4) is 11.6 Å². The molecule has 0 aliphatic carbocycles. The molecule has 3 aromatic rings. The molecular formula is C26H26F5N7O4. The highest BCUT2D eigenvalue weighted by Crippen LogP contribution is 2.26. The van der Waals surface area contributed by atoms with Crippen molar-refractivity contribution in [2.45, 2.75) is 45.1 Å². The number of nitrogens with zero attached hydrogens (tertiary/aromatic N) is 6. The zero-order chi connectivity index (χ0) is 30.8. The van der Waals surface area contributed by atoms with Crippen molar-refractivity contribution in [1.29, 1.82) is 0 Å². The number of aromatic nitrogens is 4. The fraction of sp³-hybridized carbons (Fsp3) is 0.385. The maximum atomic E-state index is 13.8. The first kappa shape index (κ1) is 30.5. The van der Waals surface area contributed by atoms with Crippen molar-refractivity contribution >= 4 is 17.6 Å². The summed E-state index contributed by atoms with van der Waals surface area (Å²) in [6.07, 6.45) is -0.824. The zero-order valence-electron chi connectivity index (χ0n) is 22.7. The minimum absolute atomic E-state index is 0.0857. The summed E-state index contributed by atoms with van der Waals surface area (Å²) in [5.41, 5.74) is -2.15. The molecule has 0 radical (unpaired) electrons. The number of nitrogens with one attached hydrogen (secondary N) is 1. The summed E-state index contributed by atoms with van der Waals surface area (Å²) in [7, 11) is 0. The third kappa shape index (κ3) is 7.23. The molecule has 0 spiro atoms. The maximum absolute atomic E-state index is 13.8. The van der Waals surface area contributed by atoms with Gasteiger partial charge in [0.25, 0.3) is 11.5 Å². The molecule has 2 aromatic heterocycles. The fourth-order valence-electron chi connectivity index (χ4n) is 4.41. The van der Waals surface area contributed by atoms with Crippen LogP contribution in [0.3, 0.4) is 0 Å². The first-order valence-electron chi connectivity index (χ1n) is 12.6. The third-order valence-electron chi connectivity index (χ3n) is 6.54. The second-order valence-electron chi connectivity index (χ2n) is 10.2. The standard InChI is InChI=1S/C26H26F5N7O4/c1-15(23(40)35-20-9-34-21(10-33-20)42-19-5-4-16(27)8-17(19)28)36-6-7-38(25(2,3)13-36)24(41)18-12-37(14-26(29,30)31)22(39)11-32-18/h4-5,8-12,15H,6-7,13-14H2,1-3H3,(H,33,35,40)/t15-/m0/s1. The Kier molecular flexibility index (Phi) is 8.56. The van der Waals surface area contributed by atoms with Crippen molar-refractivity contribution in [1.82, 2.24) is 29.3 Å². The Morgan fingerprint density at radius 3 is 2.45 bits per heavy atom. The number of anilines is 1. The summed E-state index contributed by atoms with van der Waals surface area (Å²) in [5, 5.41) is 2.62. The van der Waals surface area contributed by atoms with E-state index in [4.69, 9.17) is 4.74 Å². The third-order valence-corrected chi connectivity index (χ3v) is 6.54. The van der Waals surface area contributed by atoms with E-state index in [1.165, 1.54) is 11.1 Å². The van der Waals surface area contributed by atoms with Crippen LogP contribution in [0.1, 0.15) is 31.3 Å². The predicted molar refractivity (Wildman–Crippen MR) is 138 cm³/mol. The zero-order valence-corrected chi connectivity index (χ0v) is 22.7. The average Bonchev–Trinajstić information content (AvgIpc) is 2.90. The van der Waals surface area contributed by atoms with Gasteiger partial charge in [-0.3, -0.25) is 19.3 Å². The minimum Gasteiger partial charge on any atom is -0.434 e. The molecule has 11 nitrogen and oxygen atoms in total. The first-order valence-corrected chi connectivity index (χ1v) is 12.6. The Labute approximate surface area is 236 Å². The lowest BCUT2D eigenvalue weighted by Gasteiger charge is -2.48. The van der Waals surface area contributed by atoms with Crippen LogP contribution in [-0.4, -0.2) is 78.5 Å². The molecule has 224 valence electrons. The first-order chi connectivity index (χ1) is 19.6. The number of carbonyl (C=O) groups excluding carboxylic acids is 2. The molecule has 2 amide bonds. The van der Waals surface area contributed by atoms with Crippen LogP contribution in [0, 0.1) is 11.6 Å². The summed E-state index contributed by atoms with van der Waals surface area (Å²) in [6.45, 7) is 4.20. The fourth-order valence-corrected chi connectivity index (χ4v) is 4.41. The topological polar surface area (TPSA) is 123 Å². The van der Waals surface area contributed by atoms with Crippen molar-refractivity contribution < 1.29 is 36.3 Å². The van der Waals surface area contributed by atoms with E-state index in [2.05, 4.69) is 20.3 Å². The van der Waals surface area contributed by atoms with Gasteiger partial charge in [-0.1, -0.05) is 0 Å². The molecule has 1 aromatic carbocycles. The van der Waals surface area contributed by atoms with Gasteiger partial charge in [0.05, 0.1) is 30.2 Å². The van der Waals surface area contributed by atoms with Crippen LogP contribution in [-0.2, 0) is 11.3 Å². The van der Waals surface area contributed by atoms with E-state index < -0.39 is 53.3 Å². The molecule has 42 heavy (non-hydrogen) atoms. The Balaban J connectivity index is 1.37. The van der Waals surface area contributed by atoms with Crippen LogP contribution in [0.15, 0.2) is 47.8 Å². The van der Waals surface area contributed by atoms with Crippen LogP contribution >= 0.6 is 0 Å². The van der Waals surface area contributed by atoms with Crippen molar-refractivity contribution in [2.24, 2.45) is 0 Å². The second kappa shape index (κ2) is 11.8. The van der Waals surface area contributed by atoms with Crippen molar-refractivity contribution in [3.63, 3.8) is 0 Å². The van der Waals surface area contributed by atoms with E-state index in [-0.39, 0.29) is 42.8 Å². The lowest BCUT2D eigenvalue weighted by molar-refractivity contribution is -0.141. The summed E-state index contributed by atoms with van der Waals surface area (Å²) in [5.74, 6) is -3.02. The highest BCUT2D eigenvalue weighted by Gasteiger charge is 2.40. The normalized spacial score (nSPS) is 16.1. The lowest BCUT2D eigenvalue weighted by Crippen LogP contribution is -2.63. The molecule has 4 rings (SSSR count). The van der Waals surface area contributed by atoms with Gasteiger partial charge in [-0.05, 0) is 32.9 Å². The number of alkyl halides is 3. The molecule has 1 fully saturated rings. The van der Waals surface area contributed by atoms with Gasteiger partial charge in [0.2, 0.25) is 11.8 Å². The van der Waals surface area contributed by atoms with Crippen LogP contribution in [0.2, 0.25) is 0 Å². The quantitative estimate of drug-likeness (QED) is 0.414. The average molecular weight is 596 g/mol. The Bertz CT molecular complexity index is 1530. The van der Waals surface area contributed by atoms with E-state index in [0.717, 1.165) is 24.5 Å². The van der Waals surface area contributed by atoms with Crippen LogP contribution in [0.4, 0.5) is 27.8 Å². The van der Waals surface area contributed by atoms with Crippen molar-refractivity contribution in [2.75, 3.05) is 25.0 Å².